The summed E-state index contributed by atoms with van der Waals surface area (Å²) in [6.07, 6.45) is 0.825. The first kappa shape index (κ1) is 16.2. The molecule has 0 saturated carbocycles. The Morgan fingerprint density at radius 1 is 1.50 bits per heavy atom. The number of rotatable bonds is 5. The Kier molecular flexibility index (Phi) is 6.78. The van der Waals surface area contributed by atoms with Crippen molar-refractivity contribution in [3.8, 4) is 11.8 Å². The van der Waals surface area contributed by atoms with Crippen LogP contribution >= 0.6 is 0 Å². The summed E-state index contributed by atoms with van der Waals surface area (Å²) in [6.45, 7) is 4.74. The highest BCUT2D eigenvalue weighted by Gasteiger charge is 2.14. The summed E-state index contributed by atoms with van der Waals surface area (Å²) >= 11 is 0. The Bertz CT molecular complexity index is 515. The first-order chi connectivity index (χ1) is 9.62. The van der Waals surface area contributed by atoms with Crippen LogP contribution in [0.3, 0.4) is 0 Å². The summed E-state index contributed by atoms with van der Waals surface area (Å²) < 4.78 is 5.09. The van der Waals surface area contributed by atoms with Gasteiger partial charge in [0.25, 0.3) is 5.91 Å². The number of carbonyl (C=O) groups excluding carboxylic acids is 1. The minimum absolute atomic E-state index is 0.0192. The molecule has 0 fully saturated rings. The van der Waals surface area contributed by atoms with Gasteiger partial charge in [-0.25, -0.2) is 0 Å². The monoisotopic (exact) mass is 274 g/mol. The number of aryl methyl sites for hydroxylation is 1. The smallest absolute Gasteiger partial charge is 0.251 e. The van der Waals surface area contributed by atoms with E-state index in [-0.39, 0.29) is 11.9 Å². The molecule has 0 saturated heterocycles. The van der Waals surface area contributed by atoms with Crippen LogP contribution in [0, 0.1) is 18.8 Å². The summed E-state index contributed by atoms with van der Waals surface area (Å²) in [7, 11) is 1.63. The molecule has 1 atom stereocenters. The van der Waals surface area contributed by atoms with Crippen molar-refractivity contribution in [1.82, 2.24) is 5.32 Å². The van der Waals surface area contributed by atoms with Gasteiger partial charge in [-0.3, -0.25) is 4.79 Å². The second kappa shape index (κ2) is 8.36. The van der Waals surface area contributed by atoms with Crippen LogP contribution in [0.1, 0.15) is 34.8 Å². The topological polar surface area (TPSA) is 64.3 Å². The Morgan fingerprint density at radius 3 is 2.85 bits per heavy atom. The van der Waals surface area contributed by atoms with Crippen LogP contribution in [-0.4, -0.2) is 32.2 Å². The van der Waals surface area contributed by atoms with Crippen molar-refractivity contribution in [2.45, 2.75) is 26.3 Å². The van der Waals surface area contributed by atoms with Gasteiger partial charge in [0.1, 0.15) is 0 Å². The first-order valence-corrected chi connectivity index (χ1v) is 6.71. The molecular weight excluding hydrogens is 252 g/mol. The lowest BCUT2D eigenvalue weighted by Crippen LogP contribution is -2.37. The SMILES string of the molecule is CCC(COC)NC(=O)c1cc(C#CCN)ccc1C. The largest absolute Gasteiger partial charge is 0.383 e. The minimum Gasteiger partial charge on any atom is -0.383 e. The normalized spacial score (nSPS) is 11.4. The van der Waals surface area contributed by atoms with Crippen LogP contribution in [0.4, 0.5) is 0 Å². The van der Waals surface area contributed by atoms with Crippen molar-refractivity contribution in [3.63, 3.8) is 0 Å². The van der Waals surface area contributed by atoms with E-state index in [2.05, 4.69) is 17.2 Å². The molecule has 0 spiro atoms. The second-order valence-electron chi connectivity index (χ2n) is 4.57. The highest BCUT2D eigenvalue weighted by molar-refractivity contribution is 5.96. The van der Waals surface area contributed by atoms with Crippen LogP contribution in [-0.2, 0) is 4.74 Å². The summed E-state index contributed by atoms with van der Waals surface area (Å²) in [5.74, 6) is 5.63. The Balaban J connectivity index is 2.91. The third-order valence-corrected chi connectivity index (χ3v) is 3.01. The molecule has 1 amide bonds. The lowest BCUT2D eigenvalue weighted by atomic mass is 10.0. The standard InChI is InChI=1S/C16H22N2O2/c1-4-14(11-20-3)18-16(19)15-10-13(6-5-9-17)8-7-12(15)2/h7-8,10,14H,4,9,11,17H2,1-3H3,(H,18,19). The van der Waals surface area contributed by atoms with E-state index in [1.165, 1.54) is 0 Å². The van der Waals surface area contributed by atoms with E-state index in [1.807, 2.05) is 26.0 Å². The maximum absolute atomic E-state index is 12.3. The van der Waals surface area contributed by atoms with E-state index in [4.69, 9.17) is 10.5 Å². The van der Waals surface area contributed by atoms with Crippen LogP contribution < -0.4 is 11.1 Å². The second-order valence-corrected chi connectivity index (χ2v) is 4.57. The molecule has 0 aliphatic rings. The zero-order valence-electron chi connectivity index (χ0n) is 12.3. The van der Waals surface area contributed by atoms with E-state index >= 15 is 0 Å². The molecule has 0 aliphatic heterocycles. The predicted molar refractivity (Wildman–Crippen MR) is 80.5 cm³/mol. The van der Waals surface area contributed by atoms with Gasteiger partial charge in [-0.2, -0.15) is 0 Å². The molecule has 0 heterocycles. The molecule has 0 aromatic heterocycles. The van der Waals surface area contributed by atoms with Gasteiger partial charge < -0.3 is 15.8 Å². The maximum atomic E-state index is 12.3. The van der Waals surface area contributed by atoms with Crippen LogP contribution in [0.15, 0.2) is 18.2 Å². The fourth-order valence-corrected chi connectivity index (χ4v) is 1.82. The van der Waals surface area contributed by atoms with Crippen LogP contribution in [0.2, 0.25) is 0 Å². The quantitative estimate of drug-likeness (QED) is 0.799. The lowest BCUT2D eigenvalue weighted by Gasteiger charge is -2.16. The predicted octanol–water partition coefficient (Wildman–Crippen LogP) is 1.46. The number of nitrogens with two attached hydrogens (primary N) is 1. The molecule has 4 heteroatoms. The number of carbonyl (C=O) groups is 1. The molecule has 3 N–H and O–H groups in total. The van der Waals surface area contributed by atoms with E-state index < -0.39 is 0 Å². The zero-order chi connectivity index (χ0) is 15.0. The summed E-state index contributed by atoms with van der Waals surface area (Å²) in [5.41, 5.74) is 7.72. The first-order valence-electron chi connectivity index (χ1n) is 6.71. The fourth-order valence-electron chi connectivity index (χ4n) is 1.82. The van der Waals surface area contributed by atoms with Crippen molar-refractivity contribution in [2.24, 2.45) is 5.73 Å². The van der Waals surface area contributed by atoms with E-state index in [0.717, 1.165) is 17.5 Å². The Hall–Kier alpha value is -1.83. The van der Waals surface area contributed by atoms with Crippen molar-refractivity contribution in [2.75, 3.05) is 20.3 Å². The number of amides is 1. The molecule has 1 unspecified atom stereocenters. The summed E-state index contributed by atoms with van der Waals surface area (Å²) in [4.78, 5) is 12.3. The number of ether oxygens (including phenoxy) is 1. The van der Waals surface area contributed by atoms with Crippen molar-refractivity contribution in [3.05, 3.63) is 34.9 Å². The van der Waals surface area contributed by atoms with E-state index in [0.29, 0.717) is 18.7 Å². The molecule has 0 radical (unpaired) electrons. The molecule has 1 aromatic carbocycles. The van der Waals surface area contributed by atoms with Crippen LogP contribution in [0.5, 0.6) is 0 Å². The number of benzene rings is 1. The van der Waals surface area contributed by atoms with E-state index in [9.17, 15) is 4.79 Å². The van der Waals surface area contributed by atoms with Crippen LogP contribution in [0.25, 0.3) is 0 Å². The van der Waals surface area contributed by atoms with Gasteiger partial charge in [-0.05, 0) is 31.0 Å². The lowest BCUT2D eigenvalue weighted by molar-refractivity contribution is 0.0894. The number of hydrogen-bond acceptors (Lipinski definition) is 3. The molecule has 108 valence electrons. The molecule has 0 aliphatic carbocycles. The highest BCUT2D eigenvalue weighted by Crippen LogP contribution is 2.11. The molecule has 1 rings (SSSR count). The average Bonchev–Trinajstić information content (AvgIpc) is 2.45. The maximum Gasteiger partial charge on any atom is 0.251 e. The van der Waals surface area contributed by atoms with E-state index in [1.54, 1.807) is 13.2 Å². The van der Waals surface area contributed by atoms with Crippen molar-refractivity contribution in [1.29, 1.82) is 0 Å². The summed E-state index contributed by atoms with van der Waals surface area (Å²) in [5, 5.41) is 2.97. The van der Waals surface area contributed by atoms with Gasteiger partial charge in [0.2, 0.25) is 0 Å². The Morgan fingerprint density at radius 2 is 2.25 bits per heavy atom. The number of hydrogen-bond donors (Lipinski definition) is 2. The molecule has 0 bridgehead atoms. The molecule has 4 nitrogen and oxygen atoms in total. The van der Waals surface area contributed by atoms with Gasteiger partial charge >= 0.3 is 0 Å². The highest BCUT2D eigenvalue weighted by atomic mass is 16.5. The molecular formula is C16H22N2O2. The van der Waals surface area contributed by atoms with Crippen molar-refractivity contribution < 1.29 is 9.53 Å². The number of nitrogens with one attached hydrogen (secondary N) is 1. The summed E-state index contributed by atoms with van der Waals surface area (Å²) in [6, 6.07) is 5.60. The van der Waals surface area contributed by atoms with Gasteiger partial charge in [-0.1, -0.05) is 24.8 Å². The van der Waals surface area contributed by atoms with Gasteiger partial charge in [-0.15, -0.1) is 0 Å². The van der Waals surface area contributed by atoms with Gasteiger partial charge in [0, 0.05) is 18.2 Å². The Labute approximate surface area is 120 Å². The van der Waals surface area contributed by atoms with Crippen molar-refractivity contribution >= 4 is 5.91 Å². The molecule has 20 heavy (non-hydrogen) atoms. The third-order valence-electron chi connectivity index (χ3n) is 3.01. The number of methoxy groups -OCH3 is 1. The fraction of sp³-hybridized carbons (Fsp3) is 0.438. The average molecular weight is 274 g/mol. The van der Waals surface area contributed by atoms with Gasteiger partial charge in [0.05, 0.1) is 19.2 Å². The molecule has 1 aromatic rings. The third kappa shape index (κ3) is 4.69. The minimum atomic E-state index is -0.0946. The van der Waals surface area contributed by atoms with Gasteiger partial charge in [0.15, 0.2) is 0 Å². The zero-order valence-corrected chi connectivity index (χ0v) is 12.3.